The highest BCUT2D eigenvalue weighted by Gasteiger charge is 2.53. The summed E-state index contributed by atoms with van der Waals surface area (Å²) in [7, 11) is -4.60. The maximum atomic E-state index is 7.88. The zero-order valence-corrected chi connectivity index (χ0v) is 39.0. The fraction of sp³-hybridized carbons (Fsp3) is 0.848. The Kier molecular flexibility index (Phi) is 21.3. The topological polar surface area (TPSA) is 47.1 Å². The van der Waals surface area contributed by atoms with Crippen LogP contribution < -0.4 is 8.85 Å². The van der Waals surface area contributed by atoms with Gasteiger partial charge in [-0.1, -0.05) is 172 Å². The lowest BCUT2D eigenvalue weighted by molar-refractivity contribution is 0.333. The van der Waals surface area contributed by atoms with Gasteiger partial charge in [0.15, 0.2) is 0 Å². The summed E-state index contributed by atoms with van der Waals surface area (Å²) in [6, 6.07) is 7.10. The molecule has 0 amide bonds. The van der Waals surface area contributed by atoms with Gasteiger partial charge in [-0.3, -0.25) is 0 Å². The van der Waals surface area contributed by atoms with Crippen LogP contribution in [0.3, 0.4) is 0 Å². The molecule has 1 aromatic heterocycles. The van der Waals surface area contributed by atoms with E-state index in [0.29, 0.717) is 5.92 Å². The molecule has 2 unspecified atom stereocenters. The van der Waals surface area contributed by atoms with E-state index in [9.17, 15) is 0 Å². The molecule has 0 spiro atoms. The van der Waals surface area contributed by atoms with Crippen molar-refractivity contribution in [1.29, 1.82) is 0 Å². The van der Waals surface area contributed by atoms with Crippen LogP contribution in [-0.2, 0) is 0 Å². The molecule has 0 aliphatic heterocycles. The van der Waals surface area contributed by atoms with Crippen LogP contribution in [0, 0.1) is 0 Å². The number of H-pyrrole nitrogens is 1. The highest BCUT2D eigenvalue weighted by atomic mass is 28.4. The highest BCUT2D eigenvalue weighted by molar-refractivity contribution is 6.77. The van der Waals surface area contributed by atoms with Crippen LogP contribution in [0.25, 0.3) is 11.0 Å². The van der Waals surface area contributed by atoms with Crippen molar-refractivity contribution in [2.75, 3.05) is 0 Å². The lowest BCUT2D eigenvalue weighted by Gasteiger charge is -2.48. The molecule has 1 aromatic carbocycles. The Morgan fingerprint density at radius 2 is 0.923 bits per heavy atom. The molecule has 0 aliphatic rings. The summed E-state index contributed by atoms with van der Waals surface area (Å²) in [5.74, 6) is 3.41. The number of nitrogens with one attached hydrogen (secondary N) is 1. The number of fused-ring (bicyclic) bond motifs is 1. The molecule has 2 rings (SSSR count). The number of nitrogens with zero attached hydrogens (tertiary/aromatic N) is 1. The molecule has 1 heterocycles. The standard InChI is InChI=1S/C46H88N2O2Si2/c1-13-21-29-45(30-22-14-2,31-23-15-3)51(11,35-27-19-7)49-40-37-41-43(48-44(47-41)39(9)10)42(38-40)50-52(12,36-28-20-8)46(32-24-16-4,33-25-17-5)34-26-18-6/h37-39H,13-36H2,1-12H3,(H,47,48). The molecular weight excluding hydrogens is 669 g/mol. The number of hydrogen-bond acceptors (Lipinski definition) is 3. The van der Waals surface area contributed by atoms with Gasteiger partial charge in [0.1, 0.15) is 22.8 Å². The number of aromatic nitrogens is 2. The first-order valence-corrected chi connectivity index (χ1v) is 28.1. The van der Waals surface area contributed by atoms with E-state index in [1.807, 2.05) is 0 Å². The van der Waals surface area contributed by atoms with Gasteiger partial charge in [0.2, 0.25) is 0 Å². The predicted molar refractivity (Wildman–Crippen MR) is 237 cm³/mol. The fourth-order valence-electron chi connectivity index (χ4n) is 9.30. The third kappa shape index (κ3) is 12.4. The summed E-state index contributed by atoms with van der Waals surface area (Å²) < 4.78 is 15.7. The zero-order chi connectivity index (χ0) is 38.7. The number of unbranched alkanes of at least 4 members (excludes halogenated alkanes) is 8. The van der Waals surface area contributed by atoms with Crippen molar-refractivity contribution in [2.24, 2.45) is 0 Å². The average molecular weight is 757 g/mol. The minimum Gasteiger partial charge on any atom is -0.543 e. The Bertz CT molecular complexity index is 1200. The van der Waals surface area contributed by atoms with Crippen LogP contribution in [0.4, 0.5) is 0 Å². The van der Waals surface area contributed by atoms with E-state index in [2.05, 4.69) is 99.4 Å². The van der Waals surface area contributed by atoms with Gasteiger partial charge in [-0.05, 0) is 63.7 Å². The summed E-state index contributed by atoms with van der Waals surface area (Å²) in [4.78, 5) is 9.08. The maximum absolute atomic E-state index is 7.88. The lowest BCUT2D eigenvalue weighted by atomic mass is 9.89. The van der Waals surface area contributed by atoms with Gasteiger partial charge in [0.25, 0.3) is 16.6 Å². The summed E-state index contributed by atoms with van der Waals surface area (Å²) in [5, 5.41) is 0.557. The SMILES string of the molecule is CCCCC(CCCC)(CCCC)[Si](C)(CCCC)Oc1cc(O[Si](C)(CCCC)C(CCCC)(CCCC)CCCC)c2nc(C(C)C)[nH]c2c1. The van der Waals surface area contributed by atoms with E-state index in [-0.39, 0.29) is 10.1 Å². The lowest BCUT2D eigenvalue weighted by Crippen LogP contribution is -2.52. The molecule has 0 saturated carbocycles. The summed E-state index contributed by atoms with van der Waals surface area (Å²) in [6.07, 6.45) is 28.0. The van der Waals surface area contributed by atoms with Crippen molar-refractivity contribution in [1.82, 2.24) is 9.97 Å². The van der Waals surface area contributed by atoms with E-state index in [4.69, 9.17) is 13.8 Å². The van der Waals surface area contributed by atoms with Crippen LogP contribution in [-0.4, -0.2) is 26.6 Å². The van der Waals surface area contributed by atoms with E-state index in [1.165, 1.54) is 153 Å². The molecule has 2 aromatic rings. The van der Waals surface area contributed by atoms with Crippen molar-refractivity contribution in [2.45, 2.75) is 252 Å². The van der Waals surface area contributed by atoms with E-state index < -0.39 is 16.6 Å². The Hall–Kier alpha value is -1.28. The monoisotopic (exact) mass is 757 g/mol. The van der Waals surface area contributed by atoms with Gasteiger partial charge in [0, 0.05) is 28.1 Å². The van der Waals surface area contributed by atoms with E-state index in [0.717, 1.165) is 28.4 Å². The Balaban J connectivity index is 2.91. The van der Waals surface area contributed by atoms with E-state index >= 15 is 0 Å². The van der Waals surface area contributed by atoms with Crippen molar-refractivity contribution < 1.29 is 8.85 Å². The second-order valence-corrected chi connectivity index (χ2v) is 26.1. The second-order valence-electron chi connectivity index (χ2n) is 17.6. The zero-order valence-electron chi connectivity index (χ0n) is 37.0. The molecule has 0 fully saturated rings. The molecule has 6 heteroatoms. The Labute approximate surface area is 326 Å². The van der Waals surface area contributed by atoms with Crippen LogP contribution in [0.1, 0.15) is 222 Å². The maximum Gasteiger partial charge on any atom is 0.254 e. The van der Waals surface area contributed by atoms with Crippen LogP contribution in [0.2, 0.25) is 35.3 Å². The average Bonchev–Trinajstić information content (AvgIpc) is 3.58. The fourth-order valence-corrected chi connectivity index (χ4v) is 18.6. The molecule has 4 nitrogen and oxygen atoms in total. The minimum absolute atomic E-state index is 0.268. The quantitative estimate of drug-likeness (QED) is 0.0779. The number of hydrogen-bond donors (Lipinski definition) is 1. The molecule has 0 aliphatic carbocycles. The molecule has 0 saturated heterocycles. The second kappa shape index (κ2) is 23.6. The first kappa shape index (κ1) is 46.9. The van der Waals surface area contributed by atoms with Gasteiger partial charge in [0.05, 0.1) is 5.52 Å². The van der Waals surface area contributed by atoms with Crippen molar-refractivity contribution >= 4 is 27.7 Å². The number of imidazole rings is 1. The number of benzene rings is 1. The van der Waals surface area contributed by atoms with Gasteiger partial charge < -0.3 is 13.8 Å². The third-order valence-electron chi connectivity index (χ3n) is 13.1. The van der Waals surface area contributed by atoms with Gasteiger partial charge >= 0.3 is 0 Å². The number of rotatable bonds is 31. The minimum atomic E-state index is -2.33. The van der Waals surface area contributed by atoms with Crippen LogP contribution in [0.15, 0.2) is 12.1 Å². The largest absolute Gasteiger partial charge is 0.543 e. The normalized spacial score (nSPS) is 14.9. The smallest absolute Gasteiger partial charge is 0.254 e. The van der Waals surface area contributed by atoms with Crippen molar-refractivity contribution in [3.63, 3.8) is 0 Å². The highest BCUT2D eigenvalue weighted by Crippen LogP contribution is 2.56. The molecule has 0 bridgehead atoms. The van der Waals surface area contributed by atoms with Crippen molar-refractivity contribution in [3.8, 4) is 11.5 Å². The molecular formula is C46H88N2O2Si2. The van der Waals surface area contributed by atoms with Gasteiger partial charge in [-0.2, -0.15) is 0 Å². The van der Waals surface area contributed by atoms with Crippen molar-refractivity contribution in [3.05, 3.63) is 18.0 Å². The van der Waals surface area contributed by atoms with Crippen LogP contribution in [0.5, 0.6) is 11.5 Å². The summed E-state index contributed by atoms with van der Waals surface area (Å²) in [5.41, 5.74) is 2.12. The summed E-state index contributed by atoms with van der Waals surface area (Å²) in [6.45, 7) is 28.7. The molecule has 1 N–H and O–H groups in total. The van der Waals surface area contributed by atoms with Gasteiger partial charge in [-0.25, -0.2) is 4.98 Å². The predicted octanol–water partition coefficient (Wildman–Crippen LogP) is 16.8. The first-order valence-electron chi connectivity index (χ1n) is 22.8. The van der Waals surface area contributed by atoms with Crippen LogP contribution >= 0.6 is 0 Å². The molecule has 0 radical (unpaired) electrons. The summed E-state index contributed by atoms with van der Waals surface area (Å²) >= 11 is 0. The van der Waals surface area contributed by atoms with Gasteiger partial charge in [-0.15, -0.1) is 0 Å². The third-order valence-corrected chi connectivity index (χ3v) is 23.0. The van der Waals surface area contributed by atoms with E-state index in [1.54, 1.807) is 0 Å². The first-order chi connectivity index (χ1) is 24.9. The molecule has 52 heavy (non-hydrogen) atoms. The molecule has 2 atom stereocenters. The Morgan fingerprint density at radius 1 is 0.558 bits per heavy atom. The molecule has 302 valence electrons. The number of aromatic amines is 1. The Morgan fingerprint density at radius 3 is 1.27 bits per heavy atom.